The molecule has 0 aliphatic carbocycles. The van der Waals surface area contributed by atoms with E-state index in [0.717, 1.165) is 19.2 Å². The van der Waals surface area contributed by atoms with Crippen molar-refractivity contribution in [2.45, 2.75) is 6.61 Å². The van der Waals surface area contributed by atoms with E-state index in [9.17, 15) is 4.79 Å². The van der Waals surface area contributed by atoms with E-state index in [0.29, 0.717) is 29.4 Å². The van der Waals surface area contributed by atoms with Crippen LogP contribution >= 0.6 is 38.5 Å². The number of carbonyl (C=O) groups excluding carboxylic acids is 1. The highest BCUT2D eigenvalue weighted by atomic mass is 127. The van der Waals surface area contributed by atoms with Gasteiger partial charge in [0.2, 0.25) is 0 Å². The van der Waals surface area contributed by atoms with Crippen LogP contribution in [0.4, 0.5) is 0 Å². The zero-order valence-corrected chi connectivity index (χ0v) is 20.6. The molecule has 1 N–H and O–H groups in total. The number of nitrogens with zero attached hydrogens (tertiary/aromatic N) is 1. The molecule has 1 amide bonds. The lowest BCUT2D eigenvalue weighted by Crippen LogP contribution is -2.17. The molecule has 0 saturated carbocycles. The topological polar surface area (TPSA) is 69.2 Å². The first-order chi connectivity index (χ1) is 15.0. The van der Waals surface area contributed by atoms with E-state index in [-0.39, 0.29) is 5.91 Å². The Balaban J connectivity index is 1.69. The molecule has 0 radical (unpaired) electrons. The van der Waals surface area contributed by atoms with Crippen molar-refractivity contribution in [3.63, 3.8) is 0 Å². The SMILES string of the molecule is COc1cc(C(=O)N/N=C\c2cc(Br)c(OCc3ccccc3)c(OC)c2)ccc1I. The van der Waals surface area contributed by atoms with E-state index in [2.05, 4.69) is 49.0 Å². The summed E-state index contributed by atoms with van der Waals surface area (Å²) in [6.45, 7) is 0.415. The molecule has 8 heteroatoms. The average Bonchev–Trinajstić information content (AvgIpc) is 2.79. The van der Waals surface area contributed by atoms with Crippen molar-refractivity contribution in [2.24, 2.45) is 5.10 Å². The molecule has 160 valence electrons. The molecule has 3 aromatic carbocycles. The standard InChI is InChI=1S/C23H20BrIN2O4/c1-29-20-12-17(8-9-19(20)25)23(28)27-26-13-16-10-18(24)22(21(11-16)30-2)31-14-15-6-4-3-5-7-15/h3-13H,14H2,1-2H3,(H,27,28)/b26-13-. The van der Waals surface area contributed by atoms with Crippen LogP contribution in [0.5, 0.6) is 17.2 Å². The Morgan fingerprint density at radius 3 is 2.52 bits per heavy atom. The first kappa shape index (κ1) is 23.1. The number of hydrogen-bond donors (Lipinski definition) is 1. The lowest BCUT2D eigenvalue weighted by Gasteiger charge is -2.13. The quantitative estimate of drug-likeness (QED) is 0.215. The van der Waals surface area contributed by atoms with E-state index in [1.165, 1.54) is 6.21 Å². The molecular weight excluding hydrogens is 575 g/mol. The van der Waals surface area contributed by atoms with Crippen molar-refractivity contribution in [2.75, 3.05) is 14.2 Å². The van der Waals surface area contributed by atoms with E-state index in [1.807, 2.05) is 42.5 Å². The Hall–Kier alpha value is -2.59. The van der Waals surface area contributed by atoms with Gasteiger partial charge in [0.05, 0.1) is 28.5 Å². The van der Waals surface area contributed by atoms with Crippen molar-refractivity contribution in [1.29, 1.82) is 0 Å². The fraction of sp³-hybridized carbons (Fsp3) is 0.130. The Morgan fingerprint density at radius 2 is 1.81 bits per heavy atom. The molecule has 0 saturated heterocycles. The van der Waals surface area contributed by atoms with Crippen LogP contribution in [-0.2, 0) is 6.61 Å². The van der Waals surface area contributed by atoms with Gasteiger partial charge < -0.3 is 14.2 Å². The summed E-state index contributed by atoms with van der Waals surface area (Å²) in [5.74, 6) is 1.45. The highest BCUT2D eigenvalue weighted by molar-refractivity contribution is 14.1. The maximum Gasteiger partial charge on any atom is 0.271 e. The lowest BCUT2D eigenvalue weighted by atomic mass is 10.2. The number of halogens is 2. The van der Waals surface area contributed by atoms with Gasteiger partial charge >= 0.3 is 0 Å². The lowest BCUT2D eigenvalue weighted by molar-refractivity contribution is 0.0954. The second kappa shape index (κ2) is 11.1. The first-order valence-corrected chi connectivity index (χ1v) is 11.1. The van der Waals surface area contributed by atoms with Gasteiger partial charge in [0.15, 0.2) is 11.5 Å². The molecule has 0 unspecified atom stereocenters. The summed E-state index contributed by atoms with van der Waals surface area (Å²) < 4.78 is 18.3. The second-order valence-corrected chi connectivity index (χ2v) is 8.37. The Kier molecular flexibility index (Phi) is 8.30. The third-order valence-electron chi connectivity index (χ3n) is 4.27. The predicted octanol–water partition coefficient (Wildman–Crippen LogP) is 5.41. The average molecular weight is 595 g/mol. The summed E-state index contributed by atoms with van der Waals surface area (Å²) >= 11 is 5.67. The van der Waals surface area contributed by atoms with Gasteiger partial charge in [0.1, 0.15) is 12.4 Å². The molecule has 0 bridgehead atoms. The molecule has 3 rings (SSSR count). The fourth-order valence-electron chi connectivity index (χ4n) is 2.72. The van der Waals surface area contributed by atoms with Crippen molar-refractivity contribution in [3.05, 3.63) is 85.4 Å². The van der Waals surface area contributed by atoms with E-state index >= 15 is 0 Å². The number of nitrogens with one attached hydrogen (secondary N) is 1. The van der Waals surface area contributed by atoms with Gasteiger partial charge in [-0.2, -0.15) is 5.10 Å². The van der Waals surface area contributed by atoms with E-state index in [1.54, 1.807) is 32.4 Å². The van der Waals surface area contributed by atoms with Gasteiger partial charge in [-0.15, -0.1) is 0 Å². The van der Waals surface area contributed by atoms with Crippen LogP contribution in [0.1, 0.15) is 21.5 Å². The third kappa shape index (κ3) is 6.20. The molecule has 0 atom stereocenters. The smallest absolute Gasteiger partial charge is 0.271 e. The summed E-state index contributed by atoms with van der Waals surface area (Å²) in [7, 11) is 3.14. The number of rotatable bonds is 8. The first-order valence-electron chi connectivity index (χ1n) is 9.23. The van der Waals surface area contributed by atoms with Crippen molar-refractivity contribution in [1.82, 2.24) is 5.43 Å². The predicted molar refractivity (Wildman–Crippen MR) is 132 cm³/mol. The molecule has 0 fully saturated rings. The van der Waals surface area contributed by atoms with Gasteiger partial charge in [-0.1, -0.05) is 30.3 Å². The third-order valence-corrected chi connectivity index (χ3v) is 5.75. The number of hydrazone groups is 1. The van der Waals surface area contributed by atoms with Gasteiger partial charge in [0, 0.05) is 5.56 Å². The fourth-order valence-corrected chi connectivity index (χ4v) is 3.85. The largest absolute Gasteiger partial charge is 0.496 e. The zero-order chi connectivity index (χ0) is 22.2. The molecule has 0 aliphatic heterocycles. The van der Waals surface area contributed by atoms with Gasteiger partial charge in [0.25, 0.3) is 5.91 Å². The van der Waals surface area contributed by atoms with Crippen molar-refractivity contribution >= 4 is 50.6 Å². The normalized spacial score (nSPS) is 10.7. The molecule has 0 spiro atoms. The maximum absolute atomic E-state index is 12.3. The van der Waals surface area contributed by atoms with Crippen LogP contribution in [0.2, 0.25) is 0 Å². The number of ether oxygens (including phenoxy) is 3. The highest BCUT2D eigenvalue weighted by Gasteiger charge is 2.12. The second-order valence-electron chi connectivity index (χ2n) is 6.36. The summed E-state index contributed by atoms with van der Waals surface area (Å²) in [6, 6.07) is 18.7. The molecule has 6 nitrogen and oxygen atoms in total. The van der Waals surface area contributed by atoms with Crippen LogP contribution < -0.4 is 19.6 Å². The van der Waals surface area contributed by atoms with Crippen LogP contribution in [0.15, 0.2) is 70.2 Å². The monoisotopic (exact) mass is 594 g/mol. The van der Waals surface area contributed by atoms with Gasteiger partial charge in [-0.25, -0.2) is 5.43 Å². The van der Waals surface area contributed by atoms with Gasteiger partial charge in [-0.05, 0) is 80.0 Å². The molecule has 31 heavy (non-hydrogen) atoms. The Bertz CT molecular complexity index is 1090. The van der Waals surface area contributed by atoms with Gasteiger partial charge in [-0.3, -0.25) is 4.79 Å². The molecule has 0 aliphatic rings. The zero-order valence-electron chi connectivity index (χ0n) is 16.9. The van der Waals surface area contributed by atoms with Crippen LogP contribution in [0.25, 0.3) is 0 Å². The number of amides is 1. The summed E-state index contributed by atoms with van der Waals surface area (Å²) in [6.07, 6.45) is 1.54. The minimum atomic E-state index is -0.334. The number of benzene rings is 3. The Morgan fingerprint density at radius 1 is 1.06 bits per heavy atom. The molecule has 3 aromatic rings. The number of hydrogen-bond acceptors (Lipinski definition) is 5. The van der Waals surface area contributed by atoms with E-state index < -0.39 is 0 Å². The summed E-state index contributed by atoms with van der Waals surface area (Å²) in [5.41, 5.74) is 4.76. The van der Waals surface area contributed by atoms with Crippen LogP contribution in [0.3, 0.4) is 0 Å². The minimum absolute atomic E-state index is 0.334. The summed E-state index contributed by atoms with van der Waals surface area (Å²) in [4.78, 5) is 12.3. The molecule has 0 aromatic heterocycles. The summed E-state index contributed by atoms with van der Waals surface area (Å²) in [5, 5.41) is 4.05. The van der Waals surface area contributed by atoms with Crippen molar-refractivity contribution in [3.8, 4) is 17.2 Å². The van der Waals surface area contributed by atoms with Crippen molar-refractivity contribution < 1.29 is 19.0 Å². The molecular formula is C23H20BrIN2O4. The maximum atomic E-state index is 12.3. The highest BCUT2D eigenvalue weighted by Crippen LogP contribution is 2.36. The molecule has 0 heterocycles. The number of carbonyl (C=O) groups is 1. The van der Waals surface area contributed by atoms with Crippen LogP contribution in [-0.4, -0.2) is 26.3 Å². The Labute approximate surface area is 202 Å². The minimum Gasteiger partial charge on any atom is -0.496 e. The van der Waals surface area contributed by atoms with E-state index in [4.69, 9.17) is 14.2 Å². The number of methoxy groups -OCH3 is 2. The van der Waals surface area contributed by atoms with Crippen LogP contribution in [0, 0.1) is 3.57 Å².